The number of nitrogens with zero attached hydrogens (tertiary/aromatic N) is 1. The summed E-state index contributed by atoms with van der Waals surface area (Å²) in [5, 5.41) is 3.07. The normalized spacial score (nSPS) is 16.9. The van der Waals surface area contributed by atoms with E-state index in [4.69, 9.17) is 0 Å². The van der Waals surface area contributed by atoms with Crippen LogP contribution in [0.2, 0.25) is 0 Å². The van der Waals surface area contributed by atoms with E-state index in [0.29, 0.717) is 5.75 Å². The average molecular weight is 409 g/mol. The first-order valence-corrected chi connectivity index (χ1v) is 11.6. The third-order valence-corrected chi connectivity index (χ3v) is 6.83. The maximum Gasteiger partial charge on any atom is 0.237 e. The standard InChI is InChI=1S/C24H28N2O2S/c27-23(26-15-7-11-18-8-4-5-14-22(18)26)17-29-21-13-6-12-20(16-21)25-24(28)19-9-2-1-3-10-19/h4-6,8,12-14,16,19H,1-3,7,9-11,15,17H2,(H,25,28). The molecule has 0 unspecified atom stereocenters. The van der Waals surface area contributed by atoms with Gasteiger partial charge in [-0.3, -0.25) is 9.59 Å². The summed E-state index contributed by atoms with van der Waals surface area (Å²) in [5.41, 5.74) is 3.13. The fourth-order valence-corrected chi connectivity index (χ4v) is 5.12. The van der Waals surface area contributed by atoms with E-state index in [1.807, 2.05) is 47.4 Å². The molecule has 2 aliphatic rings. The molecule has 2 aromatic carbocycles. The van der Waals surface area contributed by atoms with Gasteiger partial charge in [0.05, 0.1) is 5.75 Å². The first-order valence-electron chi connectivity index (χ1n) is 10.6. The van der Waals surface area contributed by atoms with E-state index >= 15 is 0 Å². The van der Waals surface area contributed by atoms with Gasteiger partial charge < -0.3 is 10.2 Å². The number of amides is 2. The van der Waals surface area contributed by atoms with Crippen LogP contribution < -0.4 is 10.2 Å². The summed E-state index contributed by atoms with van der Waals surface area (Å²) in [7, 11) is 0. The maximum atomic E-state index is 12.8. The molecular formula is C24H28N2O2S. The van der Waals surface area contributed by atoms with Gasteiger partial charge in [0.2, 0.25) is 11.8 Å². The molecular weight excluding hydrogens is 380 g/mol. The predicted molar refractivity (Wildman–Crippen MR) is 119 cm³/mol. The van der Waals surface area contributed by atoms with Crippen LogP contribution >= 0.6 is 11.8 Å². The van der Waals surface area contributed by atoms with Gasteiger partial charge in [0, 0.05) is 28.7 Å². The van der Waals surface area contributed by atoms with Crippen molar-refractivity contribution in [2.75, 3.05) is 22.5 Å². The Morgan fingerprint density at radius 3 is 2.69 bits per heavy atom. The number of hydrogen-bond acceptors (Lipinski definition) is 3. The van der Waals surface area contributed by atoms with Crippen molar-refractivity contribution in [3.05, 3.63) is 54.1 Å². The lowest BCUT2D eigenvalue weighted by atomic mass is 9.88. The fourth-order valence-electron chi connectivity index (χ4n) is 4.29. The second kappa shape index (κ2) is 9.49. The van der Waals surface area contributed by atoms with E-state index < -0.39 is 0 Å². The van der Waals surface area contributed by atoms with E-state index in [0.717, 1.165) is 61.3 Å². The summed E-state index contributed by atoms with van der Waals surface area (Å²) in [5.74, 6) is 0.807. The van der Waals surface area contributed by atoms with Crippen LogP contribution in [0, 0.1) is 5.92 Å². The first-order chi connectivity index (χ1) is 14.2. The maximum absolute atomic E-state index is 12.8. The monoisotopic (exact) mass is 408 g/mol. The Morgan fingerprint density at radius 2 is 1.83 bits per heavy atom. The number of benzene rings is 2. The van der Waals surface area contributed by atoms with Crippen LogP contribution in [0.1, 0.15) is 44.1 Å². The lowest BCUT2D eigenvalue weighted by molar-refractivity contribution is -0.120. The van der Waals surface area contributed by atoms with Gasteiger partial charge in [-0.25, -0.2) is 0 Å². The van der Waals surface area contributed by atoms with E-state index in [1.165, 1.54) is 23.7 Å². The van der Waals surface area contributed by atoms with Crippen LogP contribution in [-0.4, -0.2) is 24.1 Å². The minimum atomic E-state index is 0.132. The molecule has 29 heavy (non-hydrogen) atoms. The molecule has 0 bridgehead atoms. The second-order valence-corrected chi connectivity index (χ2v) is 8.97. The fraction of sp³-hybridized carbons (Fsp3) is 0.417. The average Bonchev–Trinajstić information content (AvgIpc) is 2.78. The van der Waals surface area contributed by atoms with Crippen molar-refractivity contribution in [2.24, 2.45) is 5.92 Å². The summed E-state index contributed by atoms with van der Waals surface area (Å²) in [6, 6.07) is 16.0. The molecule has 1 aliphatic carbocycles. The summed E-state index contributed by atoms with van der Waals surface area (Å²) in [4.78, 5) is 28.3. The Hall–Kier alpha value is -2.27. The minimum Gasteiger partial charge on any atom is -0.326 e. The molecule has 0 atom stereocenters. The molecule has 4 rings (SSSR count). The number of hydrogen-bond donors (Lipinski definition) is 1. The lowest BCUT2D eigenvalue weighted by Crippen LogP contribution is -2.36. The van der Waals surface area contributed by atoms with E-state index in [2.05, 4.69) is 11.4 Å². The van der Waals surface area contributed by atoms with Crippen molar-refractivity contribution in [1.82, 2.24) is 0 Å². The van der Waals surface area contributed by atoms with Gasteiger partial charge in [0.15, 0.2) is 0 Å². The molecule has 1 fully saturated rings. The molecule has 152 valence electrons. The predicted octanol–water partition coefficient (Wildman–Crippen LogP) is 5.28. The minimum absolute atomic E-state index is 0.132. The van der Waals surface area contributed by atoms with Crippen LogP contribution in [0.3, 0.4) is 0 Å². The van der Waals surface area contributed by atoms with Crippen molar-refractivity contribution in [1.29, 1.82) is 0 Å². The highest BCUT2D eigenvalue weighted by Crippen LogP contribution is 2.29. The topological polar surface area (TPSA) is 49.4 Å². The van der Waals surface area contributed by atoms with Gasteiger partial charge in [-0.05, 0) is 55.5 Å². The number of thioether (sulfide) groups is 1. The molecule has 0 saturated heterocycles. The summed E-state index contributed by atoms with van der Waals surface area (Å²) < 4.78 is 0. The van der Waals surface area contributed by atoms with Crippen LogP contribution in [0.25, 0.3) is 0 Å². The van der Waals surface area contributed by atoms with Crippen molar-refractivity contribution in [2.45, 2.75) is 49.8 Å². The molecule has 1 N–H and O–H groups in total. The van der Waals surface area contributed by atoms with E-state index in [1.54, 1.807) is 0 Å². The van der Waals surface area contributed by atoms with Crippen LogP contribution in [0.4, 0.5) is 11.4 Å². The Labute approximate surface area is 177 Å². The Bertz CT molecular complexity index is 877. The summed E-state index contributed by atoms with van der Waals surface area (Å²) >= 11 is 1.53. The zero-order chi connectivity index (χ0) is 20.1. The molecule has 0 radical (unpaired) electrons. The Kier molecular flexibility index (Phi) is 6.55. The number of rotatable bonds is 5. The van der Waals surface area contributed by atoms with Gasteiger partial charge in [-0.2, -0.15) is 0 Å². The zero-order valence-electron chi connectivity index (χ0n) is 16.7. The van der Waals surface area contributed by atoms with Gasteiger partial charge >= 0.3 is 0 Å². The van der Waals surface area contributed by atoms with Crippen LogP contribution in [0.5, 0.6) is 0 Å². The number of carbonyl (C=O) groups is 2. The number of carbonyl (C=O) groups excluding carboxylic acids is 2. The molecule has 1 aliphatic heterocycles. The van der Waals surface area contributed by atoms with E-state index in [9.17, 15) is 9.59 Å². The van der Waals surface area contributed by atoms with Gasteiger partial charge in [0.1, 0.15) is 0 Å². The SMILES string of the molecule is O=C(Nc1cccc(SCC(=O)N2CCCc3ccccc32)c1)C1CCCCC1. The van der Waals surface area contributed by atoms with Gasteiger partial charge in [0.25, 0.3) is 0 Å². The molecule has 1 saturated carbocycles. The number of nitrogens with one attached hydrogen (secondary N) is 1. The Balaban J connectivity index is 1.35. The molecule has 0 aromatic heterocycles. The first kappa shape index (κ1) is 20.0. The molecule has 4 nitrogen and oxygen atoms in total. The molecule has 2 amide bonds. The number of fused-ring (bicyclic) bond motifs is 1. The smallest absolute Gasteiger partial charge is 0.237 e. The third-order valence-electron chi connectivity index (χ3n) is 5.85. The number of anilines is 2. The van der Waals surface area contributed by atoms with Crippen molar-refractivity contribution in [3.8, 4) is 0 Å². The lowest BCUT2D eigenvalue weighted by Gasteiger charge is -2.29. The molecule has 1 heterocycles. The highest BCUT2D eigenvalue weighted by molar-refractivity contribution is 8.00. The van der Waals surface area contributed by atoms with Crippen molar-refractivity contribution >= 4 is 35.0 Å². The third kappa shape index (κ3) is 5.02. The number of aryl methyl sites for hydroxylation is 1. The summed E-state index contributed by atoms with van der Waals surface area (Å²) in [6.07, 6.45) is 7.57. The molecule has 2 aromatic rings. The van der Waals surface area contributed by atoms with Crippen LogP contribution in [-0.2, 0) is 16.0 Å². The second-order valence-electron chi connectivity index (χ2n) is 7.92. The largest absolute Gasteiger partial charge is 0.326 e. The summed E-state index contributed by atoms with van der Waals surface area (Å²) in [6.45, 7) is 0.786. The van der Waals surface area contributed by atoms with Gasteiger partial charge in [-0.1, -0.05) is 43.5 Å². The van der Waals surface area contributed by atoms with Crippen molar-refractivity contribution < 1.29 is 9.59 Å². The molecule has 0 spiro atoms. The van der Waals surface area contributed by atoms with Gasteiger partial charge in [-0.15, -0.1) is 11.8 Å². The van der Waals surface area contributed by atoms with Crippen LogP contribution in [0.15, 0.2) is 53.4 Å². The quantitative estimate of drug-likeness (QED) is 0.685. The highest BCUT2D eigenvalue weighted by atomic mass is 32.2. The van der Waals surface area contributed by atoms with E-state index in [-0.39, 0.29) is 17.7 Å². The highest BCUT2D eigenvalue weighted by Gasteiger charge is 2.23. The zero-order valence-corrected chi connectivity index (χ0v) is 17.5. The molecule has 5 heteroatoms. The number of para-hydroxylation sites is 1. The van der Waals surface area contributed by atoms with Crippen molar-refractivity contribution in [3.63, 3.8) is 0 Å². The Morgan fingerprint density at radius 1 is 1.00 bits per heavy atom.